The lowest BCUT2D eigenvalue weighted by molar-refractivity contribution is -0.121. The number of benzene rings is 1. The van der Waals surface area contributed by atoms with Crippen molar-refractivity contribution >= 4 is 18.3 Å². The van der Waals surface area contributed by atoms with E-state index < -0.39 is 6.10 Å². The smallest absolute Gasteiger partial charge is 0.220 e. The molecule has 118 valence electrons. The van der Waals surface area contributed by atoms with Crippen molar-refractivity contribution in [1.29, 1.82) is 0 Å². The minimum atomic E-state index is -0.446. The zero-order valence-corrected chi connectivity index (χ0v) is 13.3. The van der Waals surface area contributed by atoms with E-state index in [-0.39, 0.29) is 18.3 Å². The summed E-state index contributed by atoms with van der Waals surface area (Å²) in [6, 6.07) is 7.69. The lowest BCUT2D eigenvalue weighted by Gasteiger charge is -2.09. The molecule has 1 aliphatic heterocycles. The summed E-state index contributed by atoms with van der Waals surface area (Å²) in [7, 11) is 0. The van der Waals surface area contributed by atoms with E-state index in [0.717, 1.165) is 30.6 Å². The van der Waals surface area contributed by atoms with Crippen LogP contribution in [0.15, 0.2) is 24.3 Å². The Morgan fingerprint density at radius 2 is 2.14 bits per heavy atom. The molecule has 1 heterocycles. The molecule has 1 aromatic rings. The van der Waals surface area contributed by atoms with E-state index in [1.165, 1.54) is 6.42 Å². The van der Waals surface area contributed by atoms with Crippen molar-refractivity contribution in [2.45, 2.75) is 38.8 Å². The third kappa shape index (κ3) is 6.04. The van der Waals surface area contributed by atoms with Crippen LogP contribution in [-0.4, -0.2) is 24.1 Å². The number of aliphatic hydroxyl groups excluding tert-OH is 1. The topological polar surface area (TPSA) is 61.4 Å². The van der Waals surface area contributed by atoms with E-state index in [4.69, 9.17) is 0 Å². The van der Waals surface area contributed by atoms with Gasteiger partial charge in [-0.05, 0) is 49.9 Å². The number of hydrogen-bond donors (Lipinski definition) is 3. The second-order valence-corrected chi connectivity index (χ2v) is 5.59. The van der Waals surface area contributed by atoms with Gasteiger partial charge in [-0.15, -0.1) is 12.4 Å². The summed E-state index contributed by atoms with van der Waals surface area (Å²) >= 11 is 0. The summed E-state index contributed by atoms with van der Waals surface area (Å²) in [6.07, 6.45) is 2.32. The molecule has 2 unspecified atom stereocenters. The van der Waals surface area contributed by atoms with Gasteiger partial charge in [0.1, 0.15) is 0 Å². The van der Waals surface area contributed by atoms with Crippen molar-refractivity contribution in [3.8, 4) is 0 Å². The highest BCUT2D eigenvalue weighted by Gasteiger charge is 2.15. The fourth-order valence-corrected chi connectivity index (χ4v) is 2.50. The van der Waals surface area contributed by atoms with Crippen molar-refractivity contribution in [1.82, 2.24) is 10.6 Å². The predicted molar refractivity (Wildman–Crippen MR) is 86.4 cm³/mol. The van der Waals surface area contributed by atoms with Crippen LogP contribution in [0.4, 0.5) is 0 Å². The van der Waals surface area contributed by atoms with Gasteiger partial charge < -0.3 is 15.7 Å². The first-order chi connectivity index (χ1) is 9.65. The standard InChI is InChI=1S/C16H24N2O2.ClH/c1-12(19)15-5-2-13(3-6-15)11-18-16(20)7-4-14-8-9-17-10-14;/h2-3,5-6,12,14,17,19H,4,7-11H2,1H3,(H,18,20);1H. The Morgan fingerprint density at radius 1 is 1.43 bits per heavy atom. The molecule has 2 rings (SSSR count). The summed E-state index contributed by atoms with van der Waals surface area (Å²) in [5, 5.41) is 15.7. The highest BCUT2D eigenvalue weighted by atomic mass is 35.5. The number of rotatable bonds is 6. The van der Waals surface area contributed by atoms with E-state index in [9.17, 15) is 9.90 Å². The Kier molecular flexibility index (Phi) is 7.72. The fraction of sp³-hybridized carbons (Fsp3) is 0.562. The van der Waals surface area contributed by atoms with E-state index in [2.05, 4.69) is 10.6 Å². The molecule has 3 N–H and O–H groups in total. The van der Waals surface area contributed by atoms with Gasteiger partial charge in [-0.2, -0.15) is 0 Å². The Morgan fingerprint density at radius 3 is 2.71 bits per heavy atom. The van der Waals surface area contributed by atoms with Gasteiger partial charge in [0, 0.05) is 13.0 Å². The summed E-state index contributed by atoms with van der Waals surface area (Å²) < 4.78 is 0. The number of carbonyl (C=O) groups is 1. The first-order valence-electron chi connectivity index (χ1n) is 7.39. The molecule has 5 heteroatoms. The van der Waals surface area contributed by atoms with E-state index in [1.54, 1.807) is 6.92 Å². The van der Waals surface area contributed by atoms with E-state index in [0.29, 0.717) is 18.9 Å². The third-order valence-corrected chi connectivity index (χ3v) is 3.89. The number of hydrogen-bond acceptors (Lipinski definition) is 3. The molecule has 4 nitrogen and oxygen atoms in total. The summed E-state index contributed by atoms with van der Waals surface area (Å²) in [5.74, 6) is 0.780. The number of halogens is 1. The molecule has 21 heavy (non-hydrogen) atoms. The van der Waals surface area contributed by atoms with Gasteiger partial charge in [-0.1, -0.05) is 24.3 Å². The average molecular weight is 313 g/mol. The number of amides is 1. The molecule has 1 aromatic carbocycles. The molecule has 1 fully saturated rings. The molecule has 0 radical (unpaired) electrons. The Labute approximate surface area is 132 Å². The van der Waals surface area contributed by atoms with Crippen LogP contribution >= 0.6 is 12.4 Å². The number of nitrogens with one attached hydrogen (secondary N) is 2. The SMILES string of the molecule is CC(O)c1ccc(CNC(=O)CCC2CCNC2)cc1.Cl. The summed E-state index contributed by atoms with van der Waals surface area (Å²) in [4.78, 5) is 11.8. The maximum absolute atomic E-state index is 11.8. The van der Waals surface area contributed by atoms with Crippen LogP contribution in [-0.2, 0) is 11.3 Å². The molecule has 2 atom stereocenters. The van der Waals surface area contributed by atoms with Crippen molar-refractivity contribution in [2.24, 2.45) is 5.92 Å². The van der Waals surface area contributed by atoms with Gasteiger partial charge in [0.15, 0.2) is 0 Å². The van der Waals surface area contributed by atoms with Gasteiger partial charge in [0.25, 0.3) is 0 Å². The van der Waals surface area contributed by atoms with E-state index in [1.807, 2.05) is 24.3 Å². The van der Waals surface area contributed by atoms with Crippen molar-refractivity contribution in [3.63, 3.8) is 0 Å². The minimum absolute atomic E-state index is 0. The second-order valence-electron chi connectivity index (χ2n) is 5.59. The third-order valence-electron chi connectivity index (χ3n) is 3.89. The normalized spacial score (nSPS) is 18.9. The monoisotopic (exact) mass is 312 g/mol. The molecular formula is C16H25ClN2O2. The summed E-state index contributed by atoms with van der Waals surface area (Å²) in [6.45, 7) is 4.44. The molecule has 0 bridgehead atoms. The van der Waals surface area contributed by atoms with Crippen molar-refractivity contribution in [3.05, 3.63) is 35.4 Å². The molecular weight excluding hydrogens is 288 g/mol. The average Bonchev–Trinajstić information content (AvgIpc) is 2.96. The first kappa shape index (κ1) is 18.0. The Balaban J connectivity index is 0.00000220. The lowest BCUT2D eigenvalue weighted by atomic mass is 10.0. The van der Waals surface area contributed by atoms with Crippen molar-refractivity contribution in [2.75, 3.05) is 13.1 Å². The second kappa shape index (κ2) is 9.03. The van der Waals surface area contributed by atoms with Gasteiger partial charge in [-0.25, -0.2) is 0 Å². The number of aliphatic hydroxyl groups is 1. The zero-order chi connectivity index (χ0) is 14.4. The van der Waals surface area contributed by atoms with Crippen LogP contribution in [0.3, 0.4) is 0 Å². The van der Waals surface area contributed by atoms with Crippen LogP contribution in [0.25, 0.3) is 0 Å². The predicted octanol–water partition coefficient (Wildman–Crippen LogP) is 2.17. The summed E-state index contributed by atoms with van der Waals surface area (Å²) in [5.41, 5.74) is 1.96. The maximum atomic E-state index is 11.8. The number of carbonyl (C=O) groups excluding carboxylic acids is 1. The Bertz CT molecular complexity index is 428. The molecule has 0 aromatic heterocycles. The molecule has 1 saturated heterocycles. The van der Waals surface area contributed by atoms with Crippen LogP contribution in [0, 0.1) is 5.92 Å². The van der Waals surface area contributed by atoms with Gasteiger partial charge in [0.05, 0.1) is 6.10 Å². The molecule has 0 saturated carbocycles. The van der Waals surface area contributed by atoms with Crippen LogP contribution in [0.1, 0.15) is 43.4 Å². The van der Waals surface area contributed by atoms with Gasteiger partial charge in [0.2, 0.25) is 5.91 Å². The molecule has 0 aliphatic carbocycles. The molecule has 1 aliphatic rings. The highest BCUT2D eigenvalue weighted by Crippen LogP contribution is 2.14. The molecule has 0 spiro atoms. The highest BCUT2D eigenvalue weighted by molar-refractivity contribution is 5.85. The Hall–Kier alpha value is -1.10. The van der Waals surface area contributed by atoms with Crippen molar-refractivity contribution < 1.29 is 9.90 Å². The van der Waals surface area contributed by atoms with Crippen LogP contribution in [0.2, 0.25) is 0 Å². The zero-order valence-electron chi connectivity index (χ0n) is 12.5. The fourth-order valence-electron chi connectivity index (χ4n) is 2.50. The first-order valence-corrected chi connectivity index (χ1v) is 7.39. The van der Waals surface area contributed by atoms with E-state index >= 15 is 0 Å². The largest absolute Gasteiger partial charge is 0.389 e. The lowest BCUT2D eigenvalue weighted by Crippen LogP contribution is -2.23. The van der Waals surface area contributed by atoms with Gasteiger partial charge in [-0.3, -0.25) is 4.79 Å². The molecule has 1 amide bonds. The quantitative estimate of drug-likeness (QED) is 0.754. The minimum Gasteiger partial charge on any atom is -0.389 e. The van der Waals surface area contributed by atoms with Gasteiger partial charge >= 0.3 is 0 Å². The van der Waals surface area contributed by atoms with Crippen LogP contribution in [0.5, 0.6) is 0 Å². The maximum Gasteiger partial charge on any atom is 0.220 e. The van der Waals surface area contributed by atoms with Crippen LogP contribution < -0.4 is 10.6 Å².